The minimum absolute atomic E-state index is 0.00829. The van der Waals surface area contributed by atoms with E-state index < -0.39 is 5.92 Å². The molecule has 0 radical (unpaired) electrons. The van der Waals surface area contributed by atoms with Gasteiger partial charge in [-0.15, -0.1) is 0 Å². The third kappa shape index (κ3) is 3.85. The van der Waals surface area contributed by atoms with Crippen molar-refractivity contribution in [1.82, 2.24) is 15.1 Å². The Morgan fingerprint density at radius 1 is 1.23 bits per heavy atom. The van der Waals surface area contributed by atoms with Gasteiger partial charge in [-0.2, -0.15) is 0 Å². The first-order valence-corrected chi connectivity index (χ1v) is 9.31. The Bertz CT molecular complexity index is 716. The lowest BCUT2D eigenvalue weighted by atomic mass is 9.91. The van der Waals surface area contributed by atoms with Gasteiger partial charge in [0.2, 0.25) is 17.7 Å². The van der Waals surface area contributed by atoms with Gasteiger partial charge in [-0.3, -0.25) is 14.4 Å². The minimum atomic E-state index is -0.400. The minimum Gasteiger partial charge on any atom is -0.353 e. The number of rotatable bonds is 3. The lowest BCUT2D eigenvalue weighted by molar-refractivity contribution is -0.137. The molecule has 2 unspecified atom stereocenters. The second kappa shape index (κ2) is 7.66. The van der Waals surface area contributed by atoms with E-state index >= 15 is 0 Å². The molecular formula is C19H24ClN3O3. The summed E-state index contributed by atoms with van der Waals surface area (Å²) in [5.41, 5.74) is 0.886. The average Bonchev–Trinajstić information content (AvgIpc) is 2.89. The van der Waals surface area contributed by atoms with Gasteiger partial charge >= 0.3 is 0 Å². The first kappa shape index (κ1) is 18.7. The molecule has 7 heteroatoms. The highest BCUT2D eigenvalue weighted by atomic mass is 35.5. The van der Waals surface area contributed by atoms with Gasteiger partial charge in [0.1, 0.15) is 0 Å². The monoisotopic (exact) mass is 377 g/mol. The van der Waals surface area contributed by atoms with Gasteiger partial charge in [-0.25, -0.2) is 0 Å². The number of amides is 3. The van der Waals surface area contributed by atoms with E-state index in [2.05, 4.69) is 5.32 Å². The highest BCUT2D eigenvalue weighted by Gasteiger charge is 2.44. The Balaban J connectivity index is 1.73. The van der Waals surface area contributed by atoms with Crippen LogP contribution in [0.15, 0.2) is 24.3 Å². The van der Waals surface area contributed by atoms with Crippen LogP contribution in [0.5, 0.6) is 0 Å². The summed E-state index contributed by atoms with van der Waals surface area (Å²) < 4.78 is 0. The van der Waals surface area contributed by atoms with Crippen molar-refractivity contribution in [2.45, 2.75) is 38.3 Å². The summed E-state index contributed by atoms with van der Waals surface area (Å²) in [6.45, 7) is 2.70. The molecule has 2 atom stereocenters. The van der Waals surface area contributed by atoms with Crippen LogP contribution in [0.4, 0.5) is 0 Å². The molecule has 1 aromatic carbocycles. The molecule has 0 spiro atoms. The first-order valence-electron chi connectivity index (χ1n) is 8.94. The number of halogens is 1. The van der Waals surface area contributed by atoms with Crippen LogP contribution in [0.1, 0.15) is 37.8 Å². The molecule has 0 bridgehead atoms. The zero-order valence-electron chi connectivity index (χ0n) is 15.1. The fourth-order valence-corrected chi connectivity index (χ4v) is 4.20. The molecule has 2 heterocycles. The molecule has 0 aliphatic carbocycles. The molecular weight excluding hydrogens is 354 g/mol. The van der Waals surface area contributed by atoms with E-state index in [9.17, 15) is 14.4 Å². The van der Waals surface area contributed by atoms with E-state index in [1.165, 1.54) is 6.92 Å². The SMILES string of the molecule is CC(=O)NC1CCN(C(=O)C2CC(=O)N(C)C2c2cccc(Cl)c2)CC1. The zero-order valence-corrected chi connectivity index (χ0v) is 15.8. The third-order valence-corrected chi connectivity index (χ3v) is 5.54. The molecule has 6 nitrogen and oxygen atoms in total. The van der Waals surface area contributed by atoms with Crippen molar-refractivity contribution in [2.24, 2.45) is 5.92 Å². The van der Waals surface area contributed by atoms with Gasteiger partial charge in [0.25, 0.3) is 0 Å². The maximum Gasteiger partial charge on any atom is 0.228 e. The molecule has 3 rings (SSSR count). The van der Waals surface area contributed by atoms with Crippen LogP contribution in [0.25, 0.3) is 0 Å². The second-order valence-corrected chi connectivity index (χ2v) is 7.55. The van der Waals surface area contributed by atoms with Crippen LogP contribution in [-0.2, 0) is 14.4 Å². The molecule has 26 heavy (non-hydrogen) atoms. The van der Waals surface area contributed by atoms with E-state index in [4.69, 9.17) is 11.6 Å². The van der Waals surface area contributed by atoms with Crippen molar-refractivity contribution < 1.29 is 14.4 Å². The lowest BCUT2D eigenvalue weighted by Gasteiger charge is -2.35. The normalized spacial score (nSPS) is 24.0. The Kier molecular flexibility index (Phi) is 5.51. The van der Waals surface area contributed by atoms with Gasteiger partial charge < -0.3 is 15.1 Å². The number of benzene rings is 1. The van der Waals surface area contributed by atoms with E-state index in [0.717, 1.165) is 18.4 Å². The molecule has 0 aromatic heterocycles. The Morgan fingerprint density at radius 2 is 1.92 bits per heavy atom. The van der Waals surface area contributed by atoms with Crippen LogP contribution in [0, 0.1) is 5.92 Å². The van der Waals surface area contributed by atoms with Crippen molar-refractivity contribution in [1.29, 1.82) is 0 Å². The van der Waals surface area contributed by atoms with E-state index in [-0.39, 0.29) is 36.2 Å². The molecule has 2 aliphatic heterocycles. The van der Waals surface area contributed by atoms with Crippen LogP contribution in [0.2, 0.25) is 5.02 Å². The predicted molar refractivity (Wildman–Crippen MR) is 98.5 cm³/mol. The molecule has 3 amide bonds. The smallest absolute Gasteiger partial charge is 0.228 e. The number of likely N-dealkylation sites (tertiary alicyclic amines) is 2. The maximum atomic E-state index is 13.1. The molecule has 2 saturated heterocycles. The fourth-order valence-electron chi connectivity index (χ4n) is 4.00. The van der Waals surface area contributed by atoms with Gasteiger partial charge in [0.15, 0.2) is 0 Å². The van der Waals surface area contributed by atoms with Crippen molar-refractivity contribution in [3.05, 3.63) is 34.9 Å². The summed E-state index contributed by atoms with van der Waals surface area (Å²) in [6, 6.07) is 7.19. The summed E-state index contributed by atoms with van der Waals surface area (Å²) in [5.74, 6) is -0.461. The number of carbonyl (C=O) groups is 3. The lowest BCUT2D eigenvalue weighted by Crippen LogP contribution is -2.48. The van der Waals surface area contributed by atoms with Crippen molar-refractivity contribution in [2.75, 3.05) is 20.1 Å². The van der Waals surface area contributed by atoms with Crippen LogP contribution < -0.4 is 5.32 Å². The molecule has 140 valence electrons. The highest BCUT2D eigenvalue weighted by Crippen LogP contribution is 2.39. The average molecular weight is 378 g/mol. The number of nitrogens with one attached hydrogen (secondary N) is 1. The predicted octanol–water partition coefficient (Wildman–Crippen LogP) is 1.99. The number of piperidine rings is 1. The Labute approximate surface area is 158 Å². The fraction of sp³-hybridized carbons (Fsp3) is 0.526. The molecule has 1 N–H and O–H groups in total. The summed E-state index contributed by atoms with van der Waals surface area (Å²) in [7, 11) is 1.74. The van der Waals surface area contributed by atoms with Crippen LogP contribution >= 0.6 is 11.6 Å². The van der Waals surface area contributed by atoms with Gasteiger partial charge in [0, 0.05) is 44.5 Å². The van der Waals surface area contributed by atoms with Crippen molar-refractivity contribution >= 4 is 29.3 Å². The van der Waals surface area contributed by atoms with E-state index in [0.29, 0.717) is 18.1 Å². The van der Waals surface area contributed by atoms with Crippen molar-refractivity contribution in [3.8, 4) is 0 Å². The van der Waals surface area contributed by atoms with E-state index in [1.807, 2.05) is 23.1 Å². The summed E-state index contributed by atoms with van der Waals surface area (Å²) in [4.78, 5) is 40.1. The zero-order chi connectivity index (χ0) is 18.8. The van der Waals surface area contributed by atoms with Crippen LogP contribution in [-0.4, -0.2) is 53.7 Å². The van der Waals surface area contributed by atoms with E-state index in [1.54, 1.807) is 18.0 Å². The maximum absolute atomic E-state index is 13.1. The second-order valence-electron chi connectivity index (χ2n) is 7.12. The molecule has 0 saturated carbocycles. The largest absolute Gasteiger partial charge is 0.353 e. The quantitative estimate of drug-likeness (QED) is 0.875. The Hall–Kier alpha value is -2.08. The molecule has 2 fully saturated rings. The van der Waals surface area contributed by atoms with Crippen LogP contribution in [0.3, 0.4) is 0 Å². The number of hydrogen-bond donors (Lipinski definition) is 1. The van der Waals surface area contributed by atoms with Crippen molar-refractivity contribution in [3.63, 3.8) is 0 Å². The Morgan fingerprint density at radius 3 is 2.54 bits per heavy atom. The van der Waals surface area contributed by atoms with Gasteiger partial charge in [-0.05, 0) is 30.5 Å². The molecule has 1 aromatic rings. The topological polar surface area (TPSA) is 69.7 Å². The highest BCUT2D eigenvalue weighted by molar-refractivity contribution is 6.30. The number of nitrogens with zero attached hydrogens (tertiary/aromatic N) is 2. The third-order valence-electron chi connectivity index (χ3n) is 5.31. The first-order chi connectivity index (χ1) is 12.4. The summed E-state index contributed by atoms with van der Waals surface area (Å²) in [5, 5.41) is 3.51. The summed E-state index contributed by atoms with van der Waals surface area (Å²) >= 11 is 6.11. The number of carbonyl (C=O) groups excluding carboxylic acids is 3. The molecule has 2 aliphatic rings. The van der Waals surface area contributed by atoms with Gasteiger partial charge in [0.05, 0.1) is 12.0 Å². The standard InChI is InChI=1S/C19H24ClN3O3/c1-12(24)21-15-6-8-23(9-7-15)19(26)16-11-17(25)22(2)18(16)13-4-3-5-14(20)10-13/h3-5,10,15-16,18H,6-9,11H2,1-2H3,(H,21,24). The van der Waals surface area contributed by atoms with Gasteiger partial charge in [-0.1, -0.05) is 23.7 Å². The summed E-state index contributed by atoms with van der Waals surface area (Å²) in [6.07, 6.45) is 1.70. The number of hydrogen-bond acceptors (Lipinski definition) is 3.